The van der Waals surface area contributed by atoms with Crippen molar-refractivity contribution in [2.75, 3.05) is 6.54 Å². The second kappa shape index (κ2) is 3.04. The largest absolute Gasteiger partial charge is 0.368 e. The lowest BCUT2D eigenvalue weighted by molar-refractivity contribution is -0.120. The number of nitrogens with zero attached hydrogens (tertiary/aromatic N) is 3. The Kier molecular flexibility index (Phi) is 1.95. The molecule has 0 aromatic heterocycles. The summed E-state index contributed by atoms with van der Waals surface area (Å²) in [5.74, 6) is -0.603. The van der Waals surface area contributed by atoms with E-state index < -0.39 is 18.0 Å². The molecule has 1 fully saturated rings. The number of amides is 3. The van der Waals surface area contributed by atoms with E-state index in [-0.39, 0.29) is 6.04 Å². The van der Waals surface area contributed by atoms with Gasteiger partial charge in [0.25, 0.3) is 0 Å². The monoisotopic (exact) mass is 210 g/mol. The van der Waals surface area contributed by atoms with Crippen LogP contribution in [0.4, 0.5) is 4.79 Å². The number of hydrogen-bond acceptors (Lipinski definition) is 4. The molecule has 3 amide bonds. The zero-order valence-electron chi connectivity index (χ0n) is 8.08. The highest BCUT2D eigenvalue weighted by Crippen LogP contribution is 2.29. The third kappa shape index (κ3) is 1.19. The average Bonchev–Trinajstić information content (AvgIpc) is 2.47. The Balaban J connectivity index is 2.40. The number of rotatable bonds is 2. The van der Waals surface area contributed by atoms with Crippen LogP contribution in [0.5, 0.6) is 0 Å². The van der Waals surface area contributed by atoms with Gasteiger partial charge in [-0.1, -0.05) is 6.08 Å². The predicted octanol–water partition coefficient (Wildman–Crippen LogP) is -0.412. The van der Waals surface area contributed by atoms with Gasteiger partial charge < -0.3 is 10.6 Å². The topological polar surface area (TPSA) is 96.1 Å². The Morgan fingerprint density at radius 3 is 2.87 bits per heavy atom. The average molecular weight is 210 g/mol. The molecule has 0 aliphatic carbocycles. The minimum atomic E-state index is -0.763. The fourth-order valence-corrected chi connectivity index (χ4v) is 1.95. The van der Waals surface area contributed by atoms with Crippen LogP contribution in [0.15, 0.2) is 16.9 Å². The van der Waals surface area contributed by atoms with E-state index in [9.17, 15) is 14.5 Å². The highest BCUT2D eigenvalue weighted by molar-refractivity contribution is 5.90. The maximum absolute atomic E-state index is 11.6. The van der Waals surface area contributed by atoms with Crippen molar-refractivity contribution in [2.45, 2.75) is 19.0 Å². The minimum absolute atomic E-state index is 0.292. The quantitative estimate of drug-likeness (QED) is 0.495. The molecule has 2 aliphatic rings. The van der Waals surface area contributed by atoms with Gasteiger partial charge in [-0.05, 0) is 12.5 Å². The summed E-state index contributed by atoms with van der Waals surface area (Å²) < 4.78 is 0. The Labute approximate surface area is 85.4 Å². The molecule has 2 unspecified atom stereocenters. The number of fused-ring (bicyclic) bond motifs is 2. The van der Waals surface area contributed by atoms with Gasteiger partial charge in [0.05, 0.1) is 17.9 Å². The smallest absolute Gasteiger partial charge is 0.344 e. The molecule has 2 atom stereocenters. The highest BCUT2D eigenvalue weighted by atomic mass is 16.3. The maximum Gasteiger partial charge on any atom is 0.344 e. The lowest BCUT2D eigenvalue weighted by Crippen LogP contribution is -2.46. The molecule has 15 heavy (non-hydrogen) atoms. The van der Waals surface area contributed by atoms with E-state index in [1.165, 1.54) is 4.90 Å². The summed E-state index contributed by atoms with van der Waals surface area (Å²) in [5.41, 5.74) is 5.92. The molecule has 0 radical (unpaired) electrons. The van der Waals surface area contributed by atoms with E-state index in [0.29, 0.717) is 6.54 Å². The summed E-state index contributed by atoms with van der Waals surface area (Å²) in [5, 5.41) is 3.50. The Morgan fingerprint density at radius 2 is 2.33 bits per heavy atom. The first kappa shape index (κ1) is 9.63. The maximum atomic E-state index is 11.6. The van der Waals surface area contributed by atoms with Crippen molar-refractivity contribution in [2.24, 2.45) is 11.0 Å². The first-order valence-electron chi connectivity index (χ1n) is 4.47. The van der Waals surface area contributed by atoms with E-state index in [4.69, 9.17) is 5.73 Å². The molecule has 2 N–H and O–H groups in total. The first-order valence-corrected chi connectivity index (χ1v) is 4.47. The number of primary amides is 1. The van der Waals surface area contributed by atoms with Crippen molar-refractivity contribution in [1.29, 1.82) is 0 Å². The number of carbonyl (C=O) groups excluding carboxylic acids is 2. The van der Waals surface area contributed by atoms with Crippen LogP contribution in [0, 0.1) is 4.91 Å². The lowest BCUT2D eigenvalue weighted by Gasteiger charge is -2.25. The van der Waals surface area contributed by atoms with Gasteiger partial charge in [-0.2, -0.15) is 5.01 Å². The van der Waals surface area contributed by atoms with Crippen LogP contribution in [0.25, 0.3) is 0 Å². The second-order valence-corrected chi connectivity index (χ2v) is 3.63. The number of hydrogen-bond donors (Lipinski definition) is 1. The minimum Gasteiger partial charge on any atom is -0.368 e. The molecule has 0 saturated carbocycles. The van der Waals surface area contributed by atoms with E-state index in [0.717, 1.165) is 10.6 Å². The first-order chi connectivity index (χ1) is 7.06. The highest BCUT2D eigenvalue weighted by Gasteiger charge is 2.47. The van der Waals surface area contributed by atoms with Gasteiger partial charge in [0.2, 0.25) is 5.91 Å². The normalized spacial score (nSPS) is 29.1. The van der Waals surface area contributed by atoms with Crippen LogP contribution >= 0.6 is 0 Å². The molecule has 1 saturated heterocycles. The summed E-state index contributed by atoms with van der Waals surface area (Å²) in [6.45, 7) is 2.04. The van der Waals surface area contributed by atoms with Gasteiger partial charge in [-0.15, -0.1) is 4.91 Å². The van der Waals surface area contributed by atoms with Crippen molar-refractivity contribution in [1.82, 2.24) is 9.91 Å². The summed E-state index contributed by atoms with van der Waals surface area (Å²) in [4.78, 5) is 34.4. The van der Waals surface area contributed by atoms with E-state index in [1.807, 2.05) is 0 Å². The molecule has 0 spiro atoms. The summed E-state index contributed by atoms with van der Waals surface area (Å²) in [7, 11) is 0. The molecule has 2 rings (SSSR count). The van der Waals surface area contributed by atoms with Gasteiger partial charge in [0, 0.05) is 0 Å². The third-order valence-corrected chi connectivity index (χ3v) is 2.77. The summed E-state index contributed by atoms with van der Waals surface area (Å²) in [6, 6.07) is -1.68. The number of nitrogens with two attached hydrogens (primary N) is 1. The molecule has 7 nitrogen and oxygen atoms in total. The fourth-order valence-electron chi connectivity index (χ4n) is 1.95. The SMILES string of the molecule is CC1=CC(C(N)=O)N2CC1N(N=O)C2=O. The predicted molar refractivity (Wildman–Crippen MR) is 50.3 cm³/mol. The van der Waals surface area contributed by atoms with Gasteiger partial charge >= 0.3 is 6.03 Å². The van der Waals surface area contributed by atoms with Gasteiger partial charge in [-0.25, -0.2) is 4.79 Å². The fraction of sp³-hybridized carbons (Fsp3) is 0.500. The number of urea groups is 1. The van der Waals surface area contributed by atoms with Crippen LogP contribution < -0.4 is 5.73 Å². The van der Waals surface area contributed by atoms with Crippen molar-refractivity contribution in [3.63, 3.8) is 0 Å². The Bertz CT molecular complexity index is 378. The van der Waals surface area contributed by atoms with Crippen molar-refractivity contribution in [3.05, 3.63) is 16.6 Å². The van der Waals surface area contributed by atoms with Crippen LogP contribution in [0.1, 0.15) is 6.92 Å². The van der Waals surface area contributed by atoms with Crippen LogP contribution in [-0.4, -0.2) is 40.5 Å². The summed E-state index contributed by atoms with van der Waals surface area (Å²) in [6.07, 6.45) is 1.60. The molecule has 7 heteroatoms. The van der Waals surface area contributed by atoms with Crippen molar-refractivity contribution >= 4 is 11.9 Å². The van der Waals surface area contributed by atoms with Crippen molar-refractivity contribution < 1.29 is 9.59 Å². The molecule has 2 bridgehead atoms. The molecule has 80 valence electrons. The standard InChI is InChI=1S/C8H10N4O3/c1-4-2-5(7(9)13)11-3-6(4)12(10-15)8(11)14/h2,5-6H,3H2,1H3,(H2,9,13). The molecule has 2 aliphatic heterocycles. The van der Waals surface area contributed by atoms with E-state index in [1.54, 1.807) is 13.0 Å². The number of carbonyl (C=O) groups is 2. The molecular formula is C8H10N4O3. The second-order valence-electron chi connectivity index (χ2n) is 3.63. The molecule has 0 aromatic carbocycles. The number of nitroso groups, excluding NO2 is 1. The van der Waals surface area contributed by atoms with Crippen LogP contribution in [-0.2, 0) is 4.79 Å². The van der Waals surface area contributed by atoms with Crippen LogP contribution in [0.3, 0.4) is 0 Å². The van der Waals surface area contributed by atoms with Crippen LogP contribution in [0.2, 0.25) is 0 Å². The molecule has 2 heterocycles. The third-order valence-electron chi connectivity index (χ3n) is 2.77. The molecule has 0 aromatic rings. The lowest BCUT2D eigenvalue weighted by atomic mass is 10.0. The van der Waals surface area contributed by atoms with Gasteiger partial charge in [0.15, 0.2) is 0 Å². The Hall–Kier alpha value is -1.92. The van der Waals surface area contributed by atoms with E-state index >= 15 is 0 Å². The zero-order chi connectivity index (χ0) is 11.2. The van der Waals surface area contributed by atoms with Gasteiger partial charge in [0.1, 0.15) is 6.04 Å². The zero-order valence-corrected chi connectivity index (χ0v) is 8.08. The van der Waals surface area contributed by atoms with Gasteiger partial charge in [-0.3, -0.25) is 4.79 Å². The summed E-state index contributed by atoms with van der Waals surface area (Å²) >= 11 is 0. The Morgan fingerprint density at radius 1 is 1.67 bits per heavy atom. The molecular weight excluding hydrogens is 200 g/mol. The van der Waals surface area contributed by atoms with E-state index in [2.05, 4.69) is 5.29 Å². The van der Waals surface area contributed by atoms with Crippen molar-refractivity contribution in [3.8, 4) is 0 Å².